The van der Waals surface area contributed by atoms with Crippen LogP contribution in [0.25, 0.3) is 17.1 Å². The highest BCUT2D eigenvalue weighted by molar-refractivity contribution is 6.13. The number of fused-ring (bicyclic) bond motifs is 1. The van der Waals surface area contributed by atoms with Gasteiger partial charge in [0.1, 0.15) is 5.70 Å². The Kier molecular flexibility index (Phi) is 3.78. The van der Waals surface area contributed by atoms with Gasteiger partial charge in [-0.05, 0) is 36.6 Å². The van der Waals surface area contributed by atoms with E-state index in [1.807, 2.05) is 18.2 Å². The van der Waals surface area contributed by atoms with Crippen LogP contribution in [0, 0.1) is 0 Å². The van der Waals surface area contributed by atoms with Crippen LogP contribution >= 0.6 is 0 Å². The van der Waals surface area contributed by atoms with E-state index in [9.17, 15) is 4.79 Å². The number of hydrogen-bond donors (Lipinski definition) is 2. The third-order valence-electron chi connectivity index (χ3n) is 4.31. The van der Waals surface area contributed by atoms with Crippen LogP contribution in [0.2, 0.25) is 0 Å². The largest absolute Gasteiger partial charge is 0.379 e. The van der Waals surface area contributed by atoms with E-state index in [2.05, 4.69) is 20.3 Å². The predicted molar refractivity (Wildman–Crippen MR) is 91.3 cm³/mol. The first-order valence-corrected chi connectivity index (χ1v) is 8.06. The fourth-order valence-electron chi connectivity index (χ4n) is 2.96. The molecule has 1 saturated heterocycles. The van der Waals surface area contributed by atoms with Crippen LogP contribution in [-0.4, -0.2) is 53.0 Å². The third-order valence-corrected chi connectivity index (χ3v) is 4.31. The van der Waals surface area contributed by atoms with Gasteiger partial charge in [0.05, 0.1) is 30.0 Å². The molecule has 1 atom stereocenters. The van der Waals surface area contributed by atoms with Gasteiger partial charge in [-0.1, -0.05) is 6.07 Å². The van der Waals surface area contributed by atoms with E-state index in [0.717, 1.165) is 36.0 Å². The zero-order valence-electron chi connectivity index (χ0n) is 13.5. The summed E-state index contributed by atoms with van der Waals surface area (Å²) in [6.07, 6.45) is 5.49. The molecule has 1 aromatic carbocycles. The number of imidazole rings is 1. The van der Waals surface area contributed by atoms with Gasteiger partial charge in [-0.3, -0.25) is 9.69 Å². The number of benzene rings is 1. The Bertz CT molecular complexity index is 832. The lowest BCUT2D eigenvalue weighted by molar-refractivity contribution is -0.121. The number of guanidine groups is 1. The lowest BCUT2D eigenvalue weighted by atomic mass is 10.1. The van der Waals surface area contributed by atoms with Gasteiger partial charge in [-0.2, -0.15) is 0 Å². The molecule has 7 heteroatoms. The molecular weight excluding hydrogens is 306 g/mol. The number of ether oxygens (including phenoxy) is 1. The van der Waals surface area contributed by atoms with E-state index >= 15 is 0 Å². The average molecular weight is 325 g/mol. The van der Waals surface area contributed by atoms with E-state index < -0.39 is 0 Å². The van der Waals surface area contributed by atoms with Crippen molar-refractivity contribution >= 4 is 29.0 Å². The molecule has 0 saturated carbocycles. The highest BCUT2D eigenvalue weighted by Crippen LogP contribution is 2.19. The topological polar surface area (TPSA) is 82.6 Å². The quantitative estimate of drug-likeness (QED) is 0.820. The average Bonchev–Trinajstić information content (AvgIpc) is 3.16. The Hall–Kier alpha value is -2.67. The maximum Gasteiger partial charge on any atom is 0.279 e. The lowest BCUT2D eigenvalue weighted by Gasteiger charge is -2.25. The number of nitrogens with zero attached hydrogens (tertiary/aromatic N) is 3. The molecule has 7 nitrogen and oxygen atoms in total. The summed E-state index contributed by atoms with van der Waals surface area (Å²) < 4.78 is 5.46. The Morgan fingerprint density at radius 3 is 3.21 bits per heavy atom. The van der Waals surface area contributed by atoms with E-state index in [1.54, 1.807) is 24.4 Å². The minimum absolute atomic E-state index is 0.114. The molecule has 2 aliphatic heterocycles. The molecule has 3 heterocycles. The molecule has 4 rings (SSSR count). The molecule has 0 radical (unpaired) electrons. The Morgan fingerprint density at radius 2 is 2.38 bits per heavy atom. The van der Waals surface area contributed by atoms with Crippen LogP contribution in [0.4, 0.5) is 0 Å². The second-order valence-electron chi connectivity index (χ2n) is 6.07. The van der Waals surface area contributed by atoms with Gasteiger partial charge < -0.3 is 15.0 Å². The van der Waals surface area contributed by atoms with Crippen molar-refractivity contribution in [3.8, 4) is 0 Å². The van der Waals surface area contributed by atoms with Crippen molar-refractivity contribution in [1.29, 1.82) is 0 Å². The lowest BCUT2D eigenvalue weighted by Crippen LogP contribution is -2.46. The highest BCUT2D eigenvalue weighted by atomic mass is 16.5. The van der Waals surface area contributed by atoms with Crippen molar-refractivity contribution in [2.24, 2.45) is 4.99 Å². The first-order chi connectivity index (χ1) is 11.7. The van der Waals surface area contributed by atoms with Crippen LogP contribution in [0.1, 0.15) is 18.4 Å². The molecule has 124 valence electrons. The van der Waals surface area contributed by atoms with Crippen LogP contribution in [-0.2, 0) is 9.53 Å². The summed E-state index contributed by atoms with van der Waals surface area (Å²) in [6, 6.07) is 6.02. The maximum atomic E-state index is 12.4. The molecular formula is C17H19N5O2. The second-order valence-corrected chi connectivity index (χ2v) is 6.07. The van der Waals surface area contributed by atoms with E-state index in [1.165, 1.54) is 0 Å². The molecule has 2 N–H and O–H groups in total. The third kappa shape index (κ3) is 2.78. The van der Waals surface area contributed by atoms with Crippen LogP contribution in [0.15, 0.2) is 35.2 Å². The zero-order chi connectivity index (χ0) is 16.5. The van der Waals surface area contributed by atoms with Gasteiger partial charge in [0.25, 0.3) is 5.91 Å². The summed E-state index contributed by atoms with van der Waals surface area (Å²) in [5.74, 6) is 0.471. The van der Waals surface area contributed by atoms with Crippen molar-refractivity contribution < 1.29 is 9.53 Å². The summed E-state index contributed by atoms with van der Waals surface area (Å²) in [6.45, 7) is 1.45. The molecule has 1 amide bonds. The number of aliphatic imine (C=N–C) groups is 1. The first-order valence-electron chi connectivity index (χ1n) is 8.06. The van der Waals surface area contributed by atoms with E-state index in [0.29, 0.717) is 18.3 Å². The smallest absolute Gasteiger partial charge is 0.279 e. The Balaban J connectivity index is 1.58. The normalized spacial score (nSPS) is 23.1. The number of nitrogens with one attached hydrogen (secondary N) is 2. The molecule has 0 spiro atoms. The number of rotatable bonds is 2. The van der Waals surface area contributed by atoms with Crippen molar-refractivity contribution in [3.05, 3.63) is 35.8 Å². The van der Waals surface area contributed by atoms with Crippen molar-refractivity contribution in [2.75, 3.05) is 20.3 Å². The molecule has 2 aliphatic rings. The minimum atomic E-state index is -0.114. The summed E-state index contributed by atoms with van der Waals surface area (Å²) in [5, 5.41) is 3.31. The molecule has 1 fully saturated rings. The SMILES string of the molecule is CN1C(=O)/C(=C/c2ccc3[nH]cnc3c2)N=C1N[C@H]1CCCOC1. The monoisotopic (exact) mass is 325 g/mol. The van der Waals surface area contributed by atoms with Gasteiger partial charge in [0, 0.05) is 13.7 Å². The fourth-order valence-corrected chi connectivity index (χ4v) is 2.96. The van der Waals surface area contributed by atoms with Gasteiger partial charge in [-0.15, -0.1) is 0 Å². The van der Waals surface area contributed by atoms with Gasteiger partial charge in [0.2, 0.25) is 5.96 Å². The zero-order valence-corrected chi connectivity index (χ0v) is 13.5. The van der Waals surface area contributed by atoms with Crippen molar-refractivity contribution in [1.82, 2.24) is 20.2 Å². The van der Waals surface area contributed by atoms with Crippen LogP contribution < -0.4 is 5.32 Å². The van der Waals surface area contributed by atoms with Crippen LogP contribution in [0.3, 0.4) is 0 Å². The molecule has 1 aromatic heterocycles. The van der Waals surface area contributed by atoms with Gasteiger partial charge >= 0.3 is 0 Å². The van der Waals surface area contributed by atoms with Gasteiger partial charge in [-0.25, -0.2) is 9.98 Å². The van der Waals surface area contributed by atoms with Gasteiger partial charge in [0.15, 0.2) is 0 Å². The summed E-state index contributed by atoms with van der Waals surface area (Å²) >= 11 is 0. The minimum Gasteiger partial charge on any atom is -0.379 e. The number of H-pyrrole nitrogens is 1. The number of carbonyl (C=O) groups excluding carboxylic acids is 1. The second kappa shape index (κ2) is 6.09. The molecule has 0 bridgehead atoms. The van der Waals surface area contributed by atoms with Crippen LogP contribution in [0.5, 0.6) is 0 Å². The molecule has 0 aliphatic carbocycles. The number of carbonyl (C=O) groups is 1. The van der Waals surface area contributed by atoms with E-state index in [-0.39, 0.29) is 11.9 Å². The number of likely N-dealkylation sites (N-methyl/N-ethyl adjacent to an activating group) is 1. The van der Waals surface area contributed by atoms with E-state index in [4.69, 9.17) is 4.74 Å². The fraction of sp³-hybridized carbons (Fsp3) is 0.353. The van der Waals surface area contributed by atoms with Crippen molar-refractivity contribution in [2.45, 2.75) is 18.9 Å². The molecule has 2 aromatic rings. The molecule has 24 heavy (non-hydrogen) atoms. The summed E-state index contributed by atoms with van der Waals surface area (Å²) in [7, 11) is 1.73. The summed E-state index contributed by atoms with van der Waals surface area (Å²) in [4.78, 5) is 25.7. The number of hydrogen-bond acceptors (Lipinski definition) is 5. The Labute approximate surface area is 139 Å². The first kappa shape index (κ1) is 14.9. The number of aromatic nitrogens is 2. The number of amides is 1. The highest BCUT2D eigenvalue weighted by Gasteiger charge is 2.29. The van der Waals surface area contributed by atoms with Crippen molar-refractivity contribution in [3.63, 3.8) is 0 Å². The predicted octanol–water partition coefficient (Wildman–Crippen LogP) is 1.50. The molecule has 0 unspecified atom stereocenters. The maximum absolute atomic E-state index is 12.4. The summed E-state index contributed by atoms with van der Waals surface area (Å²) in [5.41, 5.74) is 3.16. The standard InChI is InChI=1S/C17H19N5O2/c1-22-16(23)15(21-17(22)20-12-3-2-6-24-9-12)8-11-4-5-13-14(7-11)19-10-18-13/h4-5,7-8,10,12H,2-3,6,9H2,1H3,(H,18,19)(H,20,21)/b15-8-/t12-/m0/s1. The Morgan fingerprint density at radius 1 is 1.46 bits per heavy atom. The number of aromatic amines is 1.